The minimum atomic E-state index is 0.275. The zero-order chi connectivity index (χ0) is 11.4. The molecule has 0 saturated heterocycles. The molecule has 1 unspecified atom stereocenters. The van der Waals surface area contributed by atoms with E-state index in [1.807, 2.05) is 41.2 Å². The Labute approximate surface area is 99.8 Å². The predicted octanol–water partition coefficient (Wildman–Crippen LogP) is 2.28. The third-order valence-corrected chi connectivity index (χ3v) is 2.84. The van der Waals surface area contributed by atoms with E-state index in [9.17, 15) is 0 Å². The second-order valence-corrected chi connectivity index (χ2v) is 4.15. The monoisotopic (exact) mass is 235 g/mol. The molecule has 2 rings (SSSR count). The smallest absolute Gasteiger partial charge is 0.0489 e. The first-order chi connectivity index (χ1) is 7.79. The number of rotatable bonds is 4. The number of halogens is 1. The van der Waals surface area contributed by atoms with E-state index in [-0.39, 0.29) is 5.92 Å². The van der Waals surface area contributed by atoms with E-state index >= 15 is 0 Å². The number of aromatic nitrogens is 2. The van der Waals surface area contributed by atoms with E-state index in [0.717, 1.165) is 11.6 Å². The molecule has 0 aliphatic carbocycles. The van der Waals surface area contributed by atoms with Crippen LogP contribution in [0.25, 0.3) is 0 Å². The molecule has 0 aliphatic rings. The van der Waals surface area contributed by atoms with Crippen LogP contribution in [0.15, 0.2) is 42.7 Å². The van der Waals surface area contributed by atoms with Gasteiger partial charge in [-0.1, -0.05) is 23.7 Å². The Morgan fingerprint density at radius 2 is 2.06 bits per heavy atom. The van der Waals surface area contributed by atoms with Gasteiger partial charge in [-0.2, -0.15) is 5.10 Å². The largest absolute Gasteiger partial charge is 0.330 e. The molecule has 2 aromatic rings. The second kappa shape index (κ2) is 5.14. The molecule has 0 spiro atoms. The van der Waals surface area contributed by atoms with E-state index in [4.69, 9.17) is 17.3 Å². The van der Waals surface area contributed by atoms with Gasteiger partial charge in [-0.3, -0.25) is 4.68 Å². The van der Waals surface area contributed by atoms with Crippen LogP contribution in [0.1, 0.15) is 11.5 Å². The zero-order valence-electron chi connectivity index (χ0n) is 8.88. The molecule has 1 atom stereocenters. The summed E-state index contributed by atoms with van der Waals surface area (Å²) in [5.41, 5.74) is 6.98. The number of benzene rings is 1. The van der Waals surface area contributed by atoms with Gasteiger partial charge in [-0.15, -0.1) is 0 Å². The van der Waals surface area contributed by atoms with Gasteiger partial charge in [0.15, 0.2) is 0 Å². The lowest BCUT2D eigenvalue weighted by Gasteiger charge is -2.15. The van der Waals surface area contributed by atoms with Crippen LogP contribution in [0.3, 0.4) is 0 Å². The lowest BCUT2D eigenvalue weighted by Crippen LogP contribution is -2.18. The maximum Gasteiger partial charge on any atom is 0.0489 e. The Kier molecular flexibility index (Phi) is 3.59. The van der Waals surface area contributed by atoms with Crippen molar-refractivity contribution >= 4 is 11.6 Å². The fourth-order valence-corrected chi connectivity index (χ4v) is 1.81. The fraction of sp³-hybridized carbons (Fsp3) is 0.250. The third-order valence-electron chi connectivity index (χ3n) is 2.59. The number of hydrogen-bond acceptors (Lipinski definition) is 2. The average Bonchev–Trinajstić information content (AvgIpc) is 2.80. The molecule has 4 heteroatoms. The van der Waals surface area contributed by atoms with Crippen LogP contribution in [-0.2, 0) is 6.54 Å². The molecule has 1 aromatic heterocycles. The second-order valence-electron chi connectivity index (χ2n) is 3.71. The fourth-order valence-electron chi connectivity index (χ4n) is 1.69. The van der Waals surface area contributed by atoms with E-state index in [1.54, 1.807) is 6.20 Å². The van der Waals surface area contributed by atoms with Gasteiger partial charge >= 0.3 is 0 Å². The number of nitrogens with two attached hydrogens (primary N) is 1. The summed E-state index contributed by atoms with van der Waals surface area (Å²) in [6, 6.07) is 9.73. The molecular formula is C12H14ClN3. The predicted molar refractivity (Wildman–Crippen MR) is 65.5 cm³/mol. The van der Waals surface area contributed by atoms with Crippen molar-refractivity contribution in [2.24, 2.45) is 5.73 Å². The summed E-state index contributed by atoms with van der Waals surface area (Å²) < 4.78 is 1.89. The summed E-state index contributed by atoms with van der Waals surface area (Å²) in [7, 11) is 0. The molecule has 1 aromatic carbocycles. The number of hydrogen-bond donors (Lipinski definition) is 1. The lowest BCUT2D eigenvalue weighted by atomic mass is 9.99. The van der Waals surface area contributed by atoms with Gasteiger partial charge in [0.25, 0.3) is 0 Å². The highest BCUT2D eigenvalue weighted by atomic mass is 35.5. The molecule has 1 heterocycles. The van der Waals surface area contributed by atoms with Gasteiger partial charge in [-0.05, 0) is 23.8 Å². The Hall–Kier alpha value is -1.32. The van der Waals surface area contributed by atoms with Crippen molar-refractivity contribution in [1.82, 2.24) is 9.78 Å². The molecule has 0 bridgehead atoms. The van der Waals surface area contributed by atoms with Crippen molar-refractivity contribution in [3.8, 4) is 0 Å². The molecule has 0 radical (unpaired) electrons. The molecule has 84 valence electrons. The summed E-state index contributed by atoms with van der Waals surface area (Å²) in [5.74, 6) is 0.275. The van der Waals surface area contributed by atoms with Crippen LogP contribution >= 0.6 is 11.6 Å². The first kappa shape index (κ1) is 11.2. The van der Waals surface area contributed by atoms with Crippen LogP contribution in [-0.4, -0.2) is 16.3 Å². The van der Waals surface area contributed by atoms with E-state index in [0.29, 0.717) is 6.54 Å². The first-order valence-electron chi connectivity index (χ1n) is 5.22. The van der Waals surface area contributed by atoms with Crippen molar-refractivity contribution < 1.29 is 0 Å². The normalized spacial score (nSPS) is 12.6. The molecule has 3 nitrogen and oxygen atoms in total. The van der Waals surface area contributed by atoms with Gasteiger partial charge in [0.1, 0.15) is 0 Å². The first-order valence-corrected chi connectivity index (χ1v) is 5.60. The van der Waals surface area contributed by atoms with Crippen molar-refractivity contribution in [3.63, 3.8) is 0 Å². The van der Waals surface area contributed by atoms with Crippen molar-refractivity contribution in [2.75, 3.05) is 6.54 Å². The quantitative estimate of drug-likeness (QED) is 0.884. The van der Waals surface area contributed by atoms with Crippen molar-refractivity contribution in [2.45, 2.75) is 12.5 Å². The molecule has 0 aliphatic heterocycles. The lowest BCUT2D eigenvalue weighted by molar-refractivity contribution is 0.521. The van der Waals surface area contributed by atoms with Crippen molar-refractivity contribution in [3.05, 3.63) is 53.3 Å². The third kappa shape index (κ3) is 2.62. The van der Waals surface area contributed by atoms with E-state index < -0.39 is 0 Å². The highest BCUT2D eigenvalue weighted by molar-refractivity contribution is 6.30. The van der Waals surface area contributed by atoms with Gasteiger partial charge in [0.2, 0.25) is 0 Å². The van der Waals surface area contributed by atoms with Crippen LogP contribution in [0.2, 0.25) is 5.02 Å². The maximum absolute atomic E-state index is 5.85. The highest BCUT2D eigenvalue weighted by Gasteiger charge is 2.10. The highest BCUT2D eigenvalue weighted by Crippen LogP contribution is 2.19. The molecule has 0 saturated carbocycles. The Balaban J connectivity index is 2.13. The van der Waals surface area contributed by atoms with Gasteiger partial charge < -0.3 is 5.73 Å². The topological polar surface area (TPSA) is 43.8 Å². The van der Waals surface area contributed by atoms with Crippen LogP contribution < -0.4 is 5.73 Å². The van der Waals surface area contributed by atoms with Crippen LogP contribution in [0, 0.1) is 0 Å². The maximum atomic E-state index is 5.85. The van der Waals surface area contributed by atoms with Crippen LogP contribution in [0.5, 0.6) is 0 Å². The van der Waals surface area contributed by atoms with Crippen molar-refractivity contribution in [1.29, 1.82) is 0 Å². The Morgan fingerprint density at radius 1 is 1.31 bits per heavy atom. The minimum absolute atomic E-state index is 0.275. The molecule has 2 N–H and O–H groups in total. The summed E-state index contributed by atoms with van der Waals surface area (Å²) in [4.78, 5) is 0. The van der Waals surface area contributed by atoms with Gasteiger partial charge in [0, 0.05) is 36.4 Å². The summed E-state index contributed by atoms with van der Waals surface area (Å²) >= 11 is 5.85. The average molecular weight is 236 g/mol. The Morgan fingerprint density at radius 3 is 2.62 bits per heavy atom. The van der Waals surface area contributed by atoms with Gasteiger partial charge in [0.05, 0.1) is 0 Å². The Bertz CT molecular complexity index is 422. The van der Waals surface area contributed by atoms with E-state index in [2.05, 4.69) is 5.10 Å². The minimum Gasteiger partial charge on any atom is -0.330 e. The molecule has 0 amide bonds. The van der Waals surface area contributed by atoms with Gasteiger partial charge in [-0.25, -0.2) is 0 Å². The van der Waals surface area contributed by atoms with E-state index in [1.165, 1.54) is 5.56 Å². The summed E-state index contributed by atoms with van der Waals surface area (Å²) in [6.07, 6.45) is 3.72. The number of nitrogens with zero attached hydrogens (tertiary/aromatic N) is 2. The molecular weight excluding hydrogens is 222 g/mol. The van der Waals surface area contributed by atoms with Crippen LogP contribution in [0.4, 0.5) is 0 Å². The summed E-state index contributed by atoms with van der Waals surface area (Å²) in [5, 5.41) is 4.93. The standard InChI is InChI=1S/C12H14ClN3/c13-12-4-2-10(3-5-12)11(8-14)9-16-7-1-6-15-16/h1-7,11H,8-9,14H2. The zero-order valence-corrected chi connectivity index (χ0v) is 9.64. The SMILES string of the molecule is NCC(Cn1cccn1)c1ccc(Cl)cc1. The molecule has 0 fully saturated rings. The molecule has 16 heavy (non-hydrogen) atoms. The summed E-state index contributed by atoms with van der Waals surface area (Å²) in [6.45, 7) is 1.40.